The fourth-order valence-electron chi connectivity index (χ4n) is 3.30. The maximum absolute atomic E-state index is 12.8. The first-order valence-corrected chi connectivity index (χ1v) is 14.0. The predicted molar refractivity (Wildman–Crippen MR) is 135 cm³/mol. The van der Waals surface area contributed by atoms with Crippen LogP contribution in [0.5, 0.6) is 0 Å². The summed E-state index contributed by atoms with van der Waals surface area (Å²) in [5, 5.41) is 0.752. The molecule has 0 spiro atoms. The van der Waals surface area contributed by atoms with E-state index in [1.54, 1.807) is 0 Å². The second-order valence-corrected chi connectivity index (χ2v) is 11.3. The Morgan fingerprint density at radius 2 is 1.73 bits per heavy atom. The van der Waals surface area contributed by atoms with E-state index in [1.165, 1.54) is 23.1 Å². The van der Waals surface area contributed by atoms with Gasteiger partial charge in [-0.2, -0.15) is 0 Å². The second-order valence-electron chi connectivity index (χ2n) is 7.36. The summed E-state index contributed by atoms with van der Waals surface area (Å²) >= 11 is 2.81. The van der Waals surface area contributed by atoms with E-state index in [1.807, 2.05) is 79.0 Å². The van der Waals surface area contributed by atoms with Crippen molar-refractivity contribution >= 4 is 38.9 Å². The average Bonchev–Trinajstić information content (AvgIpc) is 3.45. The van der Waals surface area contributed by atoms with Gasteiger partial charge in [0, 0.05) is 22.7 Å². The Labute approximate surface area is 201 Å². The highest BCUT2D eigenvalue weighted by atomic mass is 32.2. The monoisotopic (exact) mass is 497 g/mol. The first-order valence-electron chi connectivity index (χ1n) is 10.3. The molecule has 4 aromatic rings. The Kier molecular flexibility index (Phi) is 7.44. The molecular weight excluding hydrogens is 474 g/mol. The van der Waals surface area contributed by atoms with E-state index in [2.05, 4.69) is 14.3 Å². The third-order valence-corrected chi connectivity index (χ3v) is 7.69. The number of para-hydroxylation sites is 1. The van der Waals surface area contributed by atoms with Gasteiger partial charge in [-0.25, -0.2) is 18.1 Å². The lowest BCUT2D eigenvalue weighted by Crippen LogP contribution is -2.23. The number of benzene rings is 2. The lowest BCUT2D eigenvalue weighted by molar-refractivity contribution is 0.102. The van der Waals surface area contributed by atoms with Crippen molar-refractivity contribution in [1.82, 2.24) is 14.3 Å². The largest absolute Gasteiger partial charge is 0.292 e. The zero-order valence-electron chi connectivity index (χ0n) is 18.0. The topological polar surface area (TPSA) is 81.1 Å². The van der Waals surface area contributed by atoms with Gasteiger partial charge < -0.3 is 0 Å². The van der Waals surface area contributed by atoms with Gasteiger partial charge in [0.2, 0.25) is 10.0 Å². The Bertz CT molecular complexity index is 1330. The molecule has 0 amide bonds. The Morgan fingerprint density at radius 3 is 2.42 bits per heavy atom. The molecule has 0 fully saturated rings. The number of rotatable bonds is 10. The van der Waals surface area contributed by atoms with E-state index in [0.29, 0.717) is 17.8 Å². The maximum Gasteiger partial charge on any atom is 0.208 e. The van der Waals surface area contributed by atoms with E-state index < -0.39 is 10.0 Å². The van der Waals surface area contributed by atoms with E-state index in [4.69, 9.17) is 0 Å². The van der Waals surface area contributed by atoms with Crippen LogP contribution >= 0.6 is 23.1 Å². The molecule has 4 rings (SSSR count). The summed E-state index contributed by atoms with van der Waals surface area (Å²) in [5.41, 5.74) is 3.01. The van der Waals surface area contributed by atoms with Gasteiger partial charge in [-0.15, -0.1) is 11.3 Å². The fourth-order valence-corrected chi connectivity index (χ4v) is 5.68. The van der Waals surface area contributed by atoms with Crippen molar-refractivity contribution in [2.24, 2.45) is 0 Å². The standard InChI is InChI=1S/C24H23N3O3S3/c1-33(29,30)26-15-14-20-12-13-23(32-20)22(28)17-31-24-25-16-21(18-8-4-2-5-9-18)27(24)19-10-6-3-7-11-19/h2-13,16,26H,14-15,17H2,1H3. The fraction of sp³-hybridized carbons (Fsp3) is 0.167. The van der Waals surface area contributed by atoms with Crippen LogP contribution in [0.2, 0.25) is 0 Å². The Hall–Kier alpha value is -2.72. The number of ketones is 1. The number of hydrogen-bond acceptors (Lipinski definition) is 6. The van der Waals surface area contributed by atoms with Crippen LogP contribution in [0.4, 0.5) is 0 Å². The number of hydrogen-bond donors (Lipinski definition) is 1. The number of nitrogens with zero attached hydrogens (tertiary/aromatic N) is 2. The molecule has 2 heterocycles. The zero-order valence-corrected chi connectivity index (χ0v) is 20.4. The molecule has 0 aliphatic heterocycles. The molecule has 0 aliphatic rings. The van der Waals surface area contributed by atoms with Crippen LogP contribution in [0, 0.1) is 0 Å². The van der Waals surface area contributed by atoms with Crippen molar-refractivity contribution in [2.45, 2.75) is 11.6 Å². The second kappa shape index (κ2) is 10.5. The van der Waals surface area contributed by atoms with Crippen molar-refractivity contribution in [3.05, 3.63) is 88.7 Å². The molecule has 33 heavy (non-hydrogen) atoms. The number of carbonyl (C=O) groups excluding carboxylic acids is 1. The number of Topliss-reactive ketones (excluding diaryl/α,β-unsaturated/α-hetero) is 1. The third-order valence-electron chi connectivity index (χ3n) is 4.82. The highest BCUT2D eigenvalue weighted by molar-refractivity contribution is 7.99. The summed E-state index contributed by atoms with van der Waals surface area (Å²) < 4.78 is 27.0. The lowest BCUT2D eigenvalue weighted by Gasteiger charge is -2.11. The molecule has 1 N–H and O–H groups in total. The van der Waals surface area contributed by atoms with Crippen molar-refractivity contribution in [2.75, 3.05) is 18.6 Å². The minimum Gasteiger partial charge on any atom is -0.292 e. The van der Waals surface area contributed by atoms with Gasteiger partial charge in [0.05, 0.1) is 28.8 Å². The molecule has 0 atom stereocenters. The smallest absolute Gasteiger partial charge is 0.208 e. The van der Waals surface area contributed by atoms with Crippen LogP contribution in [-0.4, -0.2) is 42.3 Å². The molecule has 9 heteroatoms. The van der Waals surface area contributed by atoms with E-state index in [0.717, 1.165) is 33.2 Å². The molecule has 0 saturated carbocycles. The highest BCUT2D eigenvalue weighted by Gasteiger charge is 2.17. The Morgan fingerprint density at radius 1 is 1.03 bits per heavy atom. The molecule has 170 valence electrons. The number of nitrogens with one attached hydrogen (secondary N) is 1. The summed E-state index contributed by atoms with van der Waals surface area (Å²) in [4.78, 5) is 19.1. The number of aromatic nitrogens is 2. The van der Waals surface area contributed by atoms with Crippen molar-refractivity contribution < 1.29 is 13.2 Å². The summed E-state index contributed by atoms with van der Waals surface area (Å²) in [6.07, 6.45) is 3.53. The van der Waals surface area contributed by atoms with E-state index in [9.17, 15) is 13.2 Å². The lowest BCUT2D eigenvalue weighted by atomic mass is 10.1. The van der Waals surface area contributed by atoms with Crippen LogP contribution in [0.1, 0.15) is 14.5 Å². The van der Waals surface area contributed by atoms with Gasteiger partial charge in [-0.3, -0.25) is 9.36 Å². The van der Waals surface area contributed by atoms with Gasteiger partial charge in [-0.05, 0) is 30.7 Å². The number of thioether (sulfide) groups is 1. The maximum atomic E-state index is 12.8. The van der Waals surface area contributed by atoms with Gasteiger partial charge in [0.15, 0.2) is 10.9 Å². The van der Waals surface area contributed by atoms with E-state index in [-0.39, 0.29) is 11.5 Å². The van der Waals surface area contributed by atoms with Crippen molar-refractivity contribution in [1.29, 1.82) is 0 Å². The summed E-state index contributed by atoms with van der Waals surface area (Å²) in [5.74, 6) is 0.288. The van der Waals surface area contributed by atoms with Crippen LogP contribution in [-0.2, 0) is 16.4 Å². The summed E-state index contributed by atoms with van der Waals surface area (Å²) in [7, 11) is -3.21. The highest BCUT2D eigenvalue weighted by Crippen LogP contribution is 2.30. The average molecular weight is 498 g/mol. The molecule has 0 unspecified atom stereocenters. The predicted octanol–water partition coefficient (Wildman–Crippen LogP) is 4.67. The van der Waals surface area contributed by atoms with E-state index >= 15 is 0 Å². The van der Waals surface area contributed by atoms with Crippen molar-refractivity contribution in [3.8, 4) is 16.9 Å². The van der Waals surface area contributed by atoms with Gasteiger partial charge in [-0.1, -0.05) is 60.3 Å². The van der Waals surface area contributed by atoms with Gasteiger partial charge in [0.25, 0.3) is 0 Å². The molecule has 0 radical (unpaired) electrons. The molecule has 0 saturated heterocycles. The molecule has 2 aromatic carbocycles. The summed E-state index contributed by atoms with van der Waals surface area (Å²) in [6, 6.07) is 23.7. The number of imidazole rings is 1. The Balaban J connectivity index is 1.49. The molecule has 6 nitrogen and oxygen atoms in total. The molecule has 0 aliphatic carbocycles. The minimum absolute atomic E-state index is 0.0243. The molecule has 0 bridgehead atoms. The molecular formula is C24H23N3O3S3. The minimum atomic E-state index is -3.21. The van der Waals surface area contributed by atoms with Crippen LogP contribution < -0.4 is 4.72 Å². The molecule has 2 aromatic heterocycles. The van der Waals surface area contributed by atoms with Crippen LogP contribution in [0.15, 0.2) is 84.1 Å². The van der Waals surface area contributed by atoms with Crippen molar-refractivity contribution in [3.63, 3.8) is 0 Å². The normalized spacial score (nSPS) is 11.5. The quantitative estimate of drug-likeness (QED) is 0.254. The number of thiophene rings is 1. The summed E-state index contributed by atoms with van der Waals surface area (Å²) in [6.45, 7) is 0.318. The van der Waals surface area contributed by atoms with Crippen LogP contribution in [0.25, 0.3) is 16.9 Å². The third kappa shape index (κ3) is 6.20. The van der Waals surface area contributed by atoms with Gasteiger partial charge >= 0.3 is 0 Å². The van der Waals surface area contributed by atoms with Crippen LogP contribution in [0.3, 0.4) is 0 Å². The number of carbonyl (C=O) groups is 1. The zero-order chi connectivity index (χ0) is 23.3. The first kappa shape index (κ1) is 23.4. The first-order chi connectivity index (χ1) is 15.9. The van der Waals surface area contributed by atoms with Gasteiger partial charge in [0.1, 0.15) is 0 Å². The number of sulfonamides is 1. The SMILES string of the molecule is CS(=O)(=O)NCCc1ccc(C(=O)CSc2ncc(-c3ccccc3)n2-c2ccccc2)s1.